The summed E-state index contributed by atoms with van der Waals surface area (Å²) >= 11 is 0. The van der Waals surface area contributed by atoms with Crippen molar-refractivity contribution in [3.63, 3.8) is 0 Å². The van der Waals surface area contributed by atoms with Crippen molar-refractivity contribution in [2.45, 2.75) is 13.3 Å². The van der Waals surface area contributed by atoms with E-state index in [0.717, 1.165) is 12.0 Å². The number of nitrogens with one attached hydrogen (secondary N) is 1. The van der Waals surface area contributed by atoms with E-state index >= 15 is 0 Å². The summed E-state index contributed by atoms with van der Waals surface area (Å²) in [5, 5.41) is 2.71. The van der Waals surface area contributed by atoms with Crippen molar-refractivity contribution in [2.24, 2.45) is 0 Å². The summed E-state index contributed by atoms with van der Waals surface area (Å²) in [5.74, 6) is -0.521. The Kier molecular flexibility index (Phi) is 4.92. The summed E-state index contributed by atoms with van der Waals surface area (Å²) in [6, 6.07) is 7.41. The molecule has 1 aliphatic heterocycles. The highest BCUT2D eigenvalue weighted by atomic mass is 16.2. The van der Waals surface area contributed by atoms with Crippen LogP contribution in [0.2, 0.25) is 0 Å². The van der Waals surface area contributed by atoms with Crippen molar-refractivity contribution in [2.75, 3.05) is 31.5 Å². The van der Waals surface area contributed by atoms with E-state index in [1.807, 2.05) is 19.1 Å². The highest BCUT2D eigenvalue weighted by Gasteiger charge is 2.21. The van der Waals surface area contributed by atoms with Crippen LogP contribution in [0.15, 0.2) is 24.3 Å². The summed E-state index contributed by atoms with van der Waals surface area (Å²) in [4.78, 5) is 37.7. The van der Waals surface area contributed by atoms with Crippen LogP contribution >= 0.6 is 0 Å². The molecule has 1 fully saturated rings. The maximum Gasteiger partial charge on any atom is 0.233 e. The molecule has 21 heavy (non-hydrogen) atoms. The minimum absolute atomic E-state index is 0.172. The van der Waals surface area contributed by atoms with Gasteiger partial charge in [-0.1, -0.05) is 17.7 Å². The minimum Gasteiger partial charge on any atom is -0.342 e. The van der Waals surface area contributed by atoms with Gasteiger partial charge in [0.25, 0.3) is 0 Å². The molecular weight excluding hydrogens is 270 g/mol. The molecule has 112 valence electrons. The quantitative estimate of drug-likeness (QED) is 0.652. The van der Waals surface area contributed by atoms with Crippen molar-refractivity contribution < 1.29 is 14.4 Å². The number of hydrogen-bond donors (Lipinski definition) is 1. The number of anilines is 1. The number of benzene rings is 1. The van der Waals surface area contributed by atoms with Gasteiger partial charge in [0.05, 0.1) is 0 Å². The molecule has 1 aliphatic rings. The van der Waals surface area contributed by atoms with Crippen LogP contribution in [0.25, 0.3) is 0 Å². The van der Waals surface area contributed by atoms with Gasteiger partial charge in [-0.15, -0.1) is 0 Å². The smallest absolute Gasteiger partial charge is 0.233 e. The number of rotatable bonds is 4. The molecule has 1 aromatic carbocycles. The maximum absolute atomic E-state index is 12.0. The van der Waals surface area contributed by atoms with Crippen molar-refractivity contribution >= 4 is 23.9 Å². The molecule has 1 aromatic rings. The van der Waals surface area contributed by atoms with E-state index in [2.05, 4.69) is 5.32 Å². The molecule has 0 unspecified atom stereocenters. The Labute approximate surface area is 123 Å². The summed E-state index contributed by atoms with van der Waals surface area (Å²) in [5.41, 5.74) is 1.79. The van der Waals surface area contributed by atoms with Gasteiger partial charge in [0.15, 0.2) is 0 Å². The fraction of sp³-hybridized carbons (Fsp3) is 0.400. The van der Waals surface area contributed by atoms with Gasteiger partial charge in [-0.25, -0.2) is 0 Å². The fourth-order valence-corrected chi connectivity index (χ4v) is 2.17. The Balaban J connectivity index is 1.81. The zero-order valence-corrected chi connectivity index (χ0v) is 12.0. The largest absolute Gasteiger partial charge is 0.342 e. The zero-order valence-electron chi connectivity index (χ0n) is 12.0. The molecule has 0 atom stereocenters. The number of carbonyl (C=O) groups excluding carboxylic acids is 3. The number of aryl methyl sites for hydroxylation is 1. The molecule has 6 heteroatoms. The summed E-state index contributed by atoms with van der Waals surface area (Å²) in [6.07, 6.45) is 0.612. The third-order valence-electron chi connectivity index (χ3n) is 3.46. The second kappa shape index (κ2) is 6.88. The van der Waals surface area contributed by atoms with Crippen LogP contribution in [0.1, 0.15) is 12.0 Å². The second-order valence-corrected chi connectivity index (χ2v) is 5.11. The summed E-state index contributed by atoms with van der Waals surface area (Å²) in [7, 11) is 0. The average Bonchev–Trinajstić information content (AvgIpc) is 2.49. The molecule has 0 spiro atoms. The maximum atomic E-state index is 12.0. The number of piperazine rings is 1. The number of carbonyl (C=O) groups is 3. The summed E-state index contributed by atoms with van der Waals surface area (Å²) < 4.78 is 0. The van der Waals surface area contributed by atoms with E-state index < -0.39 is 0 Å². The van der Waals surface area contributed by atoms with E-state index in [9.17, 15) is 14.4 Å². The molecule has 0 bridgehead atoms. The van der Waals surface area contributed by atoms with Gasteiger partial charge in [0, 0.05) is 31.9 Å². The third-order valence-corrected chi connectivity index (χ3v) is 3.46. The summed E-state index contributed by atoms with van der Waals surface area (Å²) in [6.45, 7) is 3.97. The fourth-order valence-electron chi connectivity index (χ4n) is 2.17. The standard InChI is InChI=1S/C15H19N3O3/c1-12-2-4-13(5-3-12)16-14(20)10-15(21)18-8-6-17(11-19)7-9-18/h2-5,11H,6-10H2,1H3,(H,16,20). The molecule has 0 saturated carbocycles. The lowest BCUT2D eigenvalue weighted by Gasteiger charge is -2.32. The van der Waals surface area contributed by atoms with Crippen LogP contribution in [-0.2, 0) is 14.4 Å². The van der Waals surface area contributed by atoms with Crippen LogP contribution < -0.4 is 5.32 Å². The Morgan fingerprint density at radius 2 is 1.76 bits per heavy atom. The lowest BCUT2D eigenvalue weighted by atomic mass is 10.2. The molecule has 0 radical (unpaired) electrons. The molecule has 1 saturated heterocycles. The van der Waals surface area contributed by atoms with Crippen molar-refractivity contribution in [1.82, 2.24) is 9.80 Å². The van der Waals surface area contributed by atoms with Gasteiger partial charge in [0.2, 0.25) is 18.2 Å². The van der Waals surface area contributed by atoms with Gasteiger partial charge >= 0.3 is 0 Å². The van der Waals surface area contributed by atoms with E-state index in [1.165, 1.54) is 0 Å². The molecule has 0 aliphatic carbocycles. The first-order valence-corrected chi connectivity index (χ1v) is 6.92. The van der Waals surface area contributed by atoms with E-state index in [0.29, 0.717) is 31.9 Å². The number of amides is 3. The highest BCUT2D eigenvalue weighted by molar-refractivity contribution is 6.03. The first kappa shape index (κ1) is 15.0. The normalized spacial score (nSPS) is 14.7. The monoisotopic (exact) mass is 289 g/mol. The Morgan fingerprint density at radius 3 is 2.33 bits per heavy atom. The van der Waals surface area contributed by atoms with Crippen molar-refractivity contribution in [1.29, 1.82) is 0 Å². The predicted molar refractivity (Wildman–Crippen MR) is 78.6 cm³/mol. The predicted octanol–water partition coefficient (Wildman–Crippen LogP) is 0.624. The topological polar surface area (TPSA) is 69.7 Å². The zero-order chi connectivity index (χ0) is 15.2. The second-order valence-electron chi connectivity index (χ2n) is 5.11. The lowest BCUT2D eigenvalue weighted by molar-refractivity contribution is -0.137. The van der Waals surface area contributed by atoms with Crippen LogP contribution in [0, 0.1) is 6.92 Å². The van der Waals surface area contributed by atoms with Crippen LogP contribution in [-0.4, -0.2) is 54.2 Å². The minimum atomic E-state index is -0.318. The van der Waals surface area contributed by atoms with E-state index in [1.54, 1.807) is 21.9 Å². The van der Waals surface area contributed by atoms with Crippen molar-refractivity contribution in [3.8, 4) is 0 Å². The van der Waals surface area contributed by atoms with Crippen LogP contribution in [0.5, 0.6) is 0 Å². The average molecular weight is 289 g/mol. The first-order valence-electron chi connectivity index (χ1n) is 6.92. The van der Waals surface area contributed by atoms with E-state index in [-0.39, 0.29) is 18.2 Å². The van der Waals surface area contributed by atoms with Gasteiger partial charge in [0.1, 0.15) is 6.42 Å². The third kappa shape index (κ3) is 4.30. The van der Waals surface area contributed by atoms with Gasteiger partial charge in [-0.2, -0.15) is 0 Å². The van der Waals surface area contributed by atoms with Crippen molar-refractivity contribution in [3.05, 3.63) is 29.8 Å². The van der Waals surface area contributed by atoms with Gasteiger partial charge in [-0.3, -0.25) is 14.4 Å². The molecule has 1 N–H and O–H groups in total. The van der Waals surface area contributed by atoms with Gasteiger partial charge in [-0.05, 0) is 19.1 Å². The first-order chi connectivity index (χ1) is 10.1. The lowest BCUT2D eigenvalue weighted by Crippen LogP contribution is -2.48. The van der Waals surface area contributed by atoms with Crippen LogP contribution in [0.4, 0.5) is 5.69 Å². The Hall–Kier alpha value is -2.37. The molecule has 0 aromatic heterocycles. The Bertz CT molecular complexity index is 519. The van der Waals surface area contributed by atoms with Gasteiger partial charge < -0.3 is 15.1 Å². The molecule has 1 heterocycles. The highest BCUT2D eigenvalue weighted by Crippen LogP contribution is 2.09. The molecule has 3 amide bonds. The van der Waals surface area contributed by atoms with Crippen LogP contribution in [0.3, 0.4) is 0 Å². The SMILES string of the molecule is Cc1ccc(NC(=O)CC(=O)N2CCN(C=O)CC2)cc1. The number of nitrogens with zero attached hydrogens (tertiary/aromatic N) is 2. The van der Waals surface area contributed by atoms with E-state index in [4.69, 9.17) is 0 Å². The number of hydrogen-bond acceptors (Lipinski definition) is 3. The molecule has 6 nitrogen and oxygen atoms in total. The molecular formula is C15H19N3O3. The molecule has 2 rings (SSSR count). The Morgan fingerprint density at radius 1 is 1.14 bits per heavy atom.